The van der Waals surface area contributed by atoms with Gasteiger partial charge in [-0.3, -0.25) is 4.90 Å². The summed E-state index contributed by atoms with van der Waals surface area (Å²) >= 11 is 0. The van der Waals surface area contributed by atoms with Crippen LogP contribution in [0.2, 0.25) is 0 Å². The molecule has 0 aromatic carbocycles. The molecule has 4 heterocycles. The minimum atomic E-state index is 0.400. The van der Waals surface area contributed by atoms with Crippen LogP contribution in [-0.4, -0.2) is 32.9 Å². The van der Waals surface area contributed by atoms with Crippen LogP contribution in [0.5, 0.6) is 0 Å². The lowest BCUT2D eigenvalue weighted by molar-refractivity contribution is -0.846. The Morgan fingerprint density at radius 1 is 1.21 bits per heavy atom. The first-order valence-electron chi connectivity index (χ1n) is 10.2. The molecule has 0 radical (unpaired) electrons. The van der Waals surface area contributed by atoms with Gasteiger partial charge in [-0.25, -0.2) is 19.5 Å². The highest BCUT2D eigenvalue weighted by Crippen LogP contribution is 2.28. The Morgan fingerprint density at radius 3 is 2.83 bits per heavy atom. The van der Waals surface area contributed by atoms with Crippen molar-refractivity contribution in [1.29, 1.82) is 0 Å². The lowest BCUT2D eigenvalue weighted by Crippen LogP contribution is -2.34. The maximum Gasteiger partial charge on any atom is 0.224 e. The van der Waals surface area contributed by atoms with Crippen LogP contribution in [0, 0.1) is 20.8 Å². The number of anilines is 2. The summed E-state index contributed by atoms with van der Waals surface area (Å²) < 4.78 is 7.39. The van der Waals surface area contributed by atoms with Gasteiger partial charge in [0.15, 0.2) is 12.8 Å². The first kappa shape index (κ1) is 19.5. The highest BCUT2D eigenvalue weighted by atomic mass is 16.5. The maximum absolute atomic E-state index is 5.62. The van der Waals surface area contributed by atoms with Gasteiger partial charge in [-0.05, 0) is 55.7 Å². The Hall–Kier alpha value is -2.80. The van der Waals surface area contributed by atoms with Gasteiger partial charge in [-0.2, -0.15) is 0 Å². The van der Waals surface area contributed by atoms with E-state index in [2.05, 4.69) is 39.4 Å². The van der Waals surface area contributed by atoms with E-state index in [4.69, 9.17) is 9.51 Å². The van der Waals surface area contributed by atoms with Crippen LogP contribution < -0.4 is 10.1 Å². The number of hydrogen-bond acceptors (Lipinski definition) is 6. The number of piperidine rings is 1. The first-order valence-corrected chi connectivity index (χ1v) is 10.2. The van der Waals surface area contributed by atoms with Gasteiger partial charge < -0.3 is 5.32 Å². The molecule has 3 aromatic heterocycles. The van der Waals surface area contributed by atoms with Crippen LogP contribution in [0.4, 0.5) is 11.6 Å². The topological polar surface area (TPSA) is 71.0 Å². The summed E-state index contributed by atoms with van der Waals surface area (Å²) in [5, 5.41) is 3.34. The quantitative estimate of drug-likeness (QED) is 0.671. The molecule has 3 aromatic rings. The first-order chi connectivity index (χ1) is 14.0. The molecule has 1 atom stereocenters. The molecule has 29 heavy (non-hydrogen) atoms. The molecular formula is C22H29N6O+. The smallest absolute Gasteiger partial charge is 0.224 e. The van der Waals surface area contributed by atoms with Crippen molar-refractivity contribution in [1.82, 2.24) is 19.9 Å². The summed E-state index contributed by atoms with van der Waals surface area (Å²) in [5.41, 5.74) is 3.52. The average Bonchev–Trinajstić information content (AvgIpc) is 2.98. The minimum Gasteiger partial charge on any atom is -0.325 e. The molecule has 1 N–H and O–H groups in total. The Labute approximate surface area is 171 Å². The van der Waals surface area contributed by atoms with Gasteiger partial charge in [-0.1, -0.05) is 0 Å². The van der Waals surface area contributed by atoms with Crippen molar-refractivity contribution in [3.8, 4) is 0 Å². The molecule has 4 rings (SSSR count). The fraction of sp³-hybridized carbons (Fsp3) is 0.455. The van der Waals surface area contributed by atoms with Crippen molar-refractivity contribution in [3.63, 3.8) is 0 Å². The van der Waals surface area contributed by atoms with Crippen molar-refractivity contribution in [2.45, 2.75) is 46.1 Å². The molecule has 7 heteroatoms. The number of aromatic nitrogens is 4. The Balaban J connectivity index is 1.49. The van der Waals surface area contributed by atoms with Crippen LogP contribution >= 0.6 is 0 Å². The molecule has 0 spiro atoms. The summed E-state index contributed by atoms with van der Waals surface area (Å²) in [5.74, 6) is 3.79. The molecule has 1 aliphatic rings. The number of nitrogens with zero attached hydrogens (tertiary/aromatic N) is 5. The Morgan fingerprint density at radius 2 is 2.07 bits per heavy atom. The van der Waals surface area contributed by atoms with Crippen molar-refractivity contribution in [3.05, 3.63) is 59.0 Å². The molecule has 152 valence electrons. The van der Waals surface area contributed by atoms with Gasteiger partial charge in [-0.15, -0.1) is 0 Å². The molecule has 1 saturated heterocycles. The van der Waals surface area contributed by atoms with E-state index in [0.29, 0.717) is 5.92 Å². The number of likely N-dealkylation sites (tertiary alicyclic amines) is 1. The number of rotatable bonds is 5. The van der Waals surface area contributed by atoms with Crippen molar-refractivity contribution in [2.75, 3.05) is 18.4 Å². The lowest BCUT2D eigenvalue weighted by Gasteiger charge is -2.32. The van der Waals surface area contributed by atoms with Gasteiger partial charge in [0.05, 0.1) is 11.3 Å². The van der Waals surface area contributed by atoms with E-state index in [1.807, 2.05) is 39.2 Å². The number of nitrogens with one attached hydrogen (secondary N) is 1. The van der Waals surface area contributed by atoms with Crippen LogP contribution in [0.3, 0.4) is 0 Å². The fourth-order valence-corrected chi connectivity index (χ4v) is 4.04. The Bertz CT molecular complexity index is 999. The van der Waals surface area contributed by atoms with E-state index in [0.717, 1.165) is 55.0 Å². The molecular weight excluding hydrogens is 364 g/mol. The van der Waals surface area contributed by atoms with Crippen molar-refractivity contribution in [2.24, 2.45) is 7.05 Å². The summed E-state index contributed by atoms with van der Waals surface area (Å²) in [6, 6.07) is 6.08. The molecule has 7 nitrogen and oxygen atoms in total. The summed E-state index contributed by atoms with van der Waals surface area (Å²) in [6.07, 6.45) is 6.19. The van der Waals surface area contributed by atoms with E-state index in [-0.39, 0.29) is 0 Å². The standard InChI is InChI=1S/C22H29N6O/c1-15-7-8-23-21(10-15)26-22-11-20(24-17(3)25-22)18-6-5-9-28(13-18)14-19-12-27(4)29-16(19)2/h7-8,10-12,18H,5-6,9,13-14H2,1-4H3,(H,23,24,25,26)/q+1. The zero-order chi connectivity index (χ0) is 20.4. The third-order valence-electron chi connectivity index (χ3n) is 5.42. The SMILES string of the molecule is Cc1ccnc(Nc2cc(C3CCCN(Cc4c[n+](C)oc4C)C3)nc(C)n2)c1. The van der Waals surface area contributed by atoms with Crippen LogP contribution in [0.15, 0.2) is 35.1 Å². The van der Waals surface area contributed by atoms with Gasteiger partial charge in [0.2, 0.25) is 6.20 Å². The Kier molecular flexibility index (Phi) is 5.58. The van der Waals surface area contributed by atoms with Crippen LogP contribution in [0.25, 0.3) is 0 Å². The highest BCUT2D eigenvalue weighted by Gasteiger charge is 2.25. The maximum atomic E-state index is 5.62. The normalized spacial score (nSPS) is 17.4. The average molecular weight is 394 g/mol. The van der Waals surface area contributed by atoms with Gasteiger partial charge in [0.1, 0.15) is 17.5 Å². The van der Waals surface area contributed by atoms with Crippen molar-refractivity contribution >= 4 is 11.6 Å². The summed E-state index contributed by atoms with van der Waals surface area (Å²) in [7, 11) is 1.93. The van der Waals surface area contributed by atoms with E-state index in [1.165, 1.54) is 17.5 Å². The van der Waals surface area contributed by atoms with Gasteiger partial charge >= 0.3 is 0 Å². The lowest BCUT2D eigenvalue weighted by atomic mass is 9.94. The number of pyridine rings is 1. The van der Waals surface area contributed by atoms with E-state index in [1.54, 1.807) is 4.74 Å². The highest BCUT2D eigenvalue weighted by molar-refractivity contribution is 5.52. The second kappa shape index (κ2) is 8.29. The third-order valence-corrected chi connectivity index (χ3v) is 5.42. The predicted molar refractivity (Wildman–Crippen MR) is 111 cm³/mol. The summed E-state index contributed by atoms with van der Waals surface area (Å²) in [4.78, 5) is 16.2. The monoisotopic (exact) mass is 393 g/mol. The number of aryl methyl sites for hydroxylation is 4. The molecule has 0 bridgehead atoms. The van der Waals surface area contributed by atoms with Gasteiger partial charge in [0.25, 0.3) is 0 Å². The largest absolute Gasteiger partial charge is 0.325 e. The second-order valence-corrected chi connectivity index (χ2v) is 7.99. The summed E-state index contributed by atoms with van der Waals surface area (Å²) in [6.45, 7) is 9.05. The van der Waals surface area contributed by atoms with Gasteiger partial charge in [0, 0.05) is 38.2 Å². The molecule has 1 aliphatic heterocycles. The molecule has 1 unspecified atom stereocenters. The zero-order valence-corrected chi connectivity index (χ0v) is 17.6. The van der Waals surface area contributed by atoms with E-state index >= 15 is 0 Å². The number of hydrogen-bond donors (Lipinski definition) is 1. The molecule has 0 aliphatic carbocycles. The predicted octanol–water partition coefficient (Wildman–Crippen LogP) is 3.34. The molecule has 0 saturated carbocycles. The zero-order valence-electron chi connectivity index (χ0n) is 17.6. The van der Waals surface area contributed by atoms with Crippen molar-refractivity contribution < 1.29 is 9.26 Å². The molecule has 1 fully saturated rings. The van der Waals surface area contributed by atoms with Crippen LogP contribution in [-0.2, 0) is 13.6 Å². The van der Waals surface area contributed by atoms with Crippen LogP contribution in [0.1, 0.15) is 47.2 Å². The second-order valence-electron chi connectivity index (χ2n) is 7.99. The third kappa shape index (κ3) is 4.79. The minimum absolute atomic E-state index is 0.400. The fourth-order valence-electron chi connectivity index (χ4n) is 4.04. The van der Waals surface area contributed by atoms with E-state index < -0.39 is 0 Å². The van der Waals surface area contributed by atoms with E-state index in [9.17, 15) is 0 Å². The molecule has 0 amide bonds.